The van der Waals surface area contributed by atoms with Crippen molar-refractivity contribution in [3.05, 3.63) is 17.5 Å². The number of nitrogens with zero attached hydrogens (tertiary/aromatic N) is 2. The van der Waals surface area contributed by atoms with Gasteiger partial charge in [-0.2, -0.15) is 5.10 Å². The van der Waals surface area contributed by atoms with Crippen molar-refractivity contribution in [2.24, 2.45) is 0 Å². The van der Waals surface area contributed by atoms with E-state index in [1.54, 1.807) is 0 Å². The molecule has 2 aliphatic rings. The third-order valence-electron chi connectivity index (χ3n) is 3.70. The molecule has 1 aliphatic carbocycles. The first-order valence-corrected chi connectivity index (χ1v) is 6.63. The highest BCUT2D eigenvalue weighted by Crippen LogP contribution is 2.39. The lowest BCUT2D eigenvalue weighted by molar-refractivity contribution is -0.0389. The van der Waals surface area contributed by atoms with Crippen LogP contribution in [0.5, 0.6) is 0 Å². The Morgan fingerprint density at radius 3 is 3.00 bits per heavy atom. The minimum Gasteiger partial charge on any atom is -0.375 e. The first-order valence-electron chi connectivity index (χ1n) is 6.63. The lowest BCUT2D eigenvalue weighted by Crippen LogP contribution is -2.50. The molecule has 2 heterocycles. The standard InChI is InChI=1S/C13H19N3O2/c1-8-7-18-9(2)6-16(8)13(17)12-5-11(14-15-12)10-3-4-10/h5,8-10H,3-4,6-7H2,1-2H3,(H,14,15)/t8-,9-/m0/s1. The second kappa shape index (κ2) is 4.39. The second-order valence-corrected chi connectivity index (χ2v) is 5.43. The highest BCUT2D eigenvalue weighted by atomic mass is 16.5. The Bertz CT molecular complexity index is 453. The van der Waals surface area contributed by atoms with E-state index in [1.807, 2.05) is 24.8 Å². The van der Waals surface area contributed by atoms with Crippen molar-refractivity contribution < 1.29 is 9.53 Å². The number of carbonyl (C=O) groups is 1. The molecule has 98 valence electrons. The summed E-state index contributed by atoms with van der Waals surface area (Å²) < 4.78 is 5.54. The fraction of sp³-hybridized carbons (Fsp3) is 0.692. The summed E-state index contributed by atoms with van der Waals surface area (Å²) in [6, 6.07) is 2.03. The number of aromatic nitrogens is 2. The highest BCUT2D eigenvalue weighted by Gasteiger charge is 2.31. The van der Waals surface area contributed by atoms with Gasteiger partial charge < -0.3 is 9.64 Å². The van der Waals surface area contributed by atoms with Gasteiger partial charge in [-0.05, 0) is 32.8 Å². The summed E-state index contributed by atoms with van der Waals surface area (Å²) in [5, 5.41) is 7.14. The van der Waals surface area contributed by atoms with Gasteiger partial charge in [0.25, 0.3) is 5.91 Å². The van der Waals surface area contributed by atoms with Gasteiger partial charge in [-0.15, -0.1) is 0 Å². The molecule has 1 saturated carbocycles. The fourth-order valence-electron chi connectivity index (χ4n) is 2.38. The molecule has 1 aliphatic heterocycles. The first kappa shape index (κ1) is 11.7. The van der Waals surface area contributed by atoms with Crippen LogP contribution in [-0.2, 0) is 4.74 Å². The molecule has 2 atom stereocenters. The van der Waals surface area contributed by atoms with Crippen LogP contribution in [0, 0.1) is 0 Å². The van der Waals surface area contributed by atoms with E-state index in [1.165, 1.54) is 12.8 Å². The number of hydrogen-bond donors (Lipinski definition) is 1. The monoisotopic (exact) mass is 249 g/mol. The van der Waals surface area contributed by atoms with Crippen LogP contribution in [0.1, 0.15) is 48.8 Å². The third-order valence-corrected chi connectivity index (χ3v) is 3.70. The zero-order chi connectivity index (χ0) is 12.7. The average molecular weight is 249 g/mol. The molecule has 1 aromatic rings. The molecule has 0 aromatic carbocycles. The van der Waals surface area contributed by atoms with Crippen LogP contribution in [0.4, 0.5) is 0 Å². The number of H-pyrrole nitrogens is 1. The summed E-state index contributed by atoms with van der Waals surface area (Å²) >= 11 is 0. The van der Waals surface area contributed by atoms with Crippen molar-refractivity contribution in [1.29, 1.82) is 0 Å². The van der Waals surface area contributed by atoms with Gasteiger partial charge in [0.05, 0.1) is 18.8 Å². The fourth-order valence-corrected chi connectivity index (χ4v) is 2.38. The maximum absolute atomic E-state index is 12.4. The Morgan fingerprint density at radius 1 is 1.50 bits per heavy atom. The summed E-state index contributed by atoms with van der Waals surface area (Å²) in [6.45, 7) is 5.25. The normalized spacial score (nSPS) is 28.4. The van der Waals surface area contributed by atoms with E-state index in [0.29, 0.717) is 24.8 Å². The number of nitrogens with one attached hydrogen (secondary N) is 1. The smallest absolute Gasteiger partial charge is 0.274 e. The van der Waals surface area contributed by atoms with Gasteiger partial charge in [0.2, 0.25) is 0 Å². The molecule has 1 saturated heterocycles. The van der Waals surface area contributed by atoms with E-state index in [0.717, 1.165) is 5.69 Å². The molecule has 0 unspecified atom stereocenters. The number of ether oxygens (including phenoxy) is 1. The quantitative estimate of drug-likeness (QED) is 0.865. The van der Waals surface area contributed by atoms with Gasteiger partial charge in [-0.1, -0.05) is 0 Å². The molecular weight excluding hydrogens is 230 g/mol. The largest absolute Gasteiger partial charge is 0.375 e. The third kappa shape index (κ3) is 2.14. The van der Waals surface area contributed by atoms with Crippen molar-refractivity contribution >= 4 is 5.91 Å². The van der Waals surface area contributed by atoms with Crippen LogP contribution >= 0.6 is 0 Å². The van der Waals surface area contributed by atoms with Gasteiger partial charge in [0.1, 0.15) is 5.69 Å². The predicted molar refractivity (Wildman–Crippen MR) is 66.5 cm³/mol. The summed E-state index contributed by atoms with van der Waals surface area (Å²) in [7, 11) is 0. The van der Waals surface area contributed by atoms with Gasteiger partial charge in [0, 0.05) is 18.2 Å². The topological polar surface area (TPSA) is 58.2 Å². The first-order chi connectivity index (χ1) is 8.65. The lowest BCUT2D eigenvalue weighted by atomic mass is 10.2. The van der Waals surface area contributed by atoms with Crippen molar-refractivity contribution in [3.63, 3.8) is 0 Å². The lowest BCUT2D eigenvalue weighted by Gasteiger charge is -2.36. The maximum Gasteiger partial charge on any atom is 0.274 e. The number of carbonyl (C=O) groups excluding carboxylic acids is 1. The van der Waals surface area contributed by atoms with E-state index >= 15 is 0 Å². The van der Waals surface area contributed by atoms with E-state index in [-0.39, 0.29) is 18.1 Å². The van der Waals surface area contributed by atoms with Crippen molar-refractivity contribution in [1.82, 2.24) is 15.1 Å². The summed E-state index contributed by atoms with van der Waals surface area (Å²) in [4.78, 5) is 14.3. The van der Waals surface area contributed by atoms with Crippen LogP contribution < -0.4 is 0 Å². The van der Waals surface area contributed by atoms with E-state index in [2.05, 4.69) is 10.2 Å². The Kier molecular flexibility index (Phi) is 2.86. The molecule has 3 rings (SSSR count). The minimum absolute atomic E-state index is 0.0146. The van der Waals surface area contributed by atoms with Crippen LogP contribution in [0.25, 0.3) is 0 Å². The van der Waals surface area contributed by atoms with Gasteiger partial charge in [-0.3, -0.25) is 9.89 Å². The number of amides is 1. The molecule has 5 nitrogen and oxygen atoms in total. The van der Waals surface area contributed by atoms with Crippen LogP contribution in [0.2, 0.25) is 0 Å². The molecule has 0 radical (unpaired) electrons. The van der Waals surface area contributed by atoms with E-state index in [9.17, 15) is 4.79 Å². The molecule has 2 fully saturated rings. The summed E-state index contributed by atoms with van der Waals surface area (Å²) in [5.41, 5.74) is 1.64. The number of aromatic amines is 1. The number of morpholine rings is 1. The molecule has 18 heavy (non-hydrogen) atoms. The van der Waals surface area contributed by atoms with Crippen LogP contribution in [0.3, 0.4) is 0 Å². The molecule has 5 heteroatoms. The second-order valence-electron chi connectivity index (χ2n) is 5.43. The molecule has 1 N–H and O–H groups in total. The number of hydrogen-bond acceptors (Lipinski definition) is 3. The summed E-state index contributed by atoms with van der Waals surface area (Å²) in [5.74, 6) is 0.612. The number of rotatable bonds is 2. The van der Waals surface area contributed by atoms with Crippen molar-refractivity contribution in [3.8, 4) is 0 Å². The highest BCUT2D eigenvalue weighted by molar-refractivity contribution is 5.92. The van der Waals surface area contributed by atoms with Crippen LogP contribution in [-0.4, -0.2) is 46.3 Å². The molecule has 1 aromatic heterocycles. The Labute approximate surface area is 107 Å². The van der Waals surface area contributed by atoms with Crippen molar-refractivity contribution in [2.75, 3.05) is 13.2 Å². The summed E-state index contributed by atoms with van der Waals surface area (Å²) in [6.07, 6.45) is 2.52. The zero-order valence-electron chi connectivity index (χ0n) is 10.8. The zero-order valence-corrected chi connectivity index (χ0v) is 10.8. The maximum atomic E-state index is 12.4. The minimum atomic E-state index is 0.0146. The molecular formula is C13H19N3O2. The Morgan fingerprint density at radius 2 is 2.28 bits per heavy atom. The van der Waals surface area contributed by atoms with Gasteiger partial charge >= 0.3 is 0 Å². The van der Waals surface area contributed by atoms with Gasteiger partial charge in [-0.25, -0.2) is 0 Å². The Balaban J connectivity index is 1.75. The molecule has 0 bridgehead atoms. The molecule has 1 amide bonds. The van der Waals surface area contributed by atoms with Crippen LogP contribution in [0.15, 0.2) is 6.07 Å². The molecule has 0 spiro atoms. The SMILES string of the molecule is C[C@H]1CN(C(=O)c2cc(C3CC3)[nH]n2)[C@@H](C)CO1. The predicted octanol–water partition coefficient (Wildman–Crippen LogP) is 1.54. The van der Waals surface area contributed by atoms with E-state index < -0.39 is 0 Å². The van der Waals surface area contributed by atoms with Gasteiger partial charge in [0.15, 0.2) is 0 Å². The van der Waals surface area contributed by atoms with Crippen molar-refractivity contribution in [2.45, 2.75) is 44.8 Å². The average Bonchev–Trinajstić information content (AvgIpc) is 3.09. The Hall–Kier alpha value is -1.36. The van der Waals surface area contributed by atoms with E-state index in [4.69, 9.17) is 4.74 Å².